The highest BCUT2D eigenvalue weighted by Crippen LogP contribution is 2.27. The molecule has 3 rings (SSSR count). The van der Waals surface area contributed by atoms with E-state index in [1.165, 1.54) is 10.8 Å². The van der Waals surface area contributed by atoms with Gasteiger partial charge in [0.05, 0.1) is 0 Å². The first kappa shape index (κ1) is 13.9. The predicted octanol–water partition coefficient (Wildman–Crippen LogP) is 2.07. The first-order chi connectivity index (χ1) is 9.36. The molecule has 0 saturated carbocycles. The van der Waals surface area contributed by atoms with Crippen LogP contribution in [0.4, 0.5) is 17.1 Å². The van der Waals surface area contributed by atoms with E-state index in [1.54, 1.807) is 12.1 Å². The minimum absolute atomic E-state index is 0. The molecule has 98 valence electrons. The minimum Gasteiger partial charge on any atom is -1.00 e. The Kier molecular flexibility index (Phi) is 4.19. The molecule has 0 atom stereocenters. The number of halogens is 1. The van der Waals surface area contributed by atoms with Gasteiger partial charge in [0, 0.05) is 28.9 Å². The Bertz CT molecular complexity index is 755. The van der Waals surface area contributed by atoms with Crippen LogP contribution in [-0.4, -0.2) is 0 Å². The highest BCUT2D eigenvalue weighted by Gasteiger charge is 2.04. The average molecular weight is 282 g/mol. The van der Waals surface area contributed by atoms with Crippen molar-refractivity contribution >= 4 is 27.8 Å². The van der Waals surface area contributed by atoms with Crippen molar-refractivity contribution in [3.8, 4) is 0 Å². The van der Waals surface area contributed by atoms with Crippen LogP contribution in [0, 0.1) is 5.39 Å². The molecule has 0 aliphatic heterocycles. The van der Waals surface area contributed by atoms with Gasteiger partial charge in [-0.2, -0.15) is 0 Å². The SMILES string of the molecule is N#[N+]c1ccc(Nc2cccc3ccccc23)cc1.[Cl-]. The summed E-state index contributed by atoms with van der Waals surface area (Å²) in [4.78, 5) is 3.14. The molecule has 0 spiro atoms. The van der Waals surface area contributed by atoms with Gasteiger partial charge in [-0.15, -0.1) is 0 Å². The summed E-state index contributed by atoms with van der Waals surface area (Å²) in [6, 6.07) is 21.7. The third kappa shape index (κ3) is 2.71. The van der Waals surface area contributed by atoms with Gasteiger partial charge in [-0.05, 0) is 23.6 Å². The lowest BCUT2D eigenvalue weighted by Crippen LogP contribution is -3.00. The van der Waals surface area contributed by atoms with Crippen molar-refractivity contribution < 1.29 is 12.4 Å². The second-order valence-corrected chi connectivity index (χ2v) is 4.30. The third-order valence-electron chi connectivity index (χ3n) is 3.05. The molecule has 0 amide bonds. The molecule has 0 saturated heterocycles. The molecule has 4 heteroatoms. The molecule has 0 radical (unpaired) electrons. The highest BCUT2D eigenvalue weighted by atomic mass is 35.5. The Morgan fingerprint density at radius 2 is 1.50 bits per heavy atom. The number of fused-ring (bicyclic) bond motifs is 1. The number of benzene rings is 3. The van der Waals surface area contributed by atoms with E-state index >= 15 is 0 Å². The summed E-state index contributed by atoms with van der Waals surface area (Å²) in [6.07, 6.45) is 0. The first-order valence-electron chi connectivity index (χ1n) is 6.07. The van der Waals surface area contributed by atoms with E-state index in [4.69, 9.17) is 5.39 Å². The lowest BCUT2D eigenvalue weighted by atomic mass is 10.1. The number of hydrogen-bond donors (Lipinski definition) is 1. The van der Waals surface area contributed by atoms with Crippen LogP contribution in [0.2, 0.25) is 0 Å². The topological polar surface area (TPSA) is 40.2 Å². The Morgan fingerprint density at radius 3 is 2.25 bits per heavy atom. The third-order valence-corrected chi connectivity index (χ3v) is 3.05. The Labute approximate surface area is 123 Å². The van der Waals surface area contributed by atoms with Crippen molar-refractivity contribution in [2.24, 2.45) is 0 Å². The first-order valence-corrected chi connectivity index (χ1v) is 6.07. The van der Waals surface area contributed by atoms with Crippen LogP contribution in [0.25, 0.3) is 15.7 Å². The molecule has 0 fully saturated rings. The van der Waals surface area contributed by atoms with Crippen molar-refractivity contribution in [2.45, 2.75) is 0 Å². The van der Waals surface area contributed by atoms with Crippen molar-refractivity contribution in [3.05, 3.63) is 71.7 Å². The minimum atomic E-state index is 0. The maximum atomic E-state index is 8.66. The molecule has 0 heterocycles. The molecule has 3 nitrogen and oxygen atoms in total. The second kappa shape index (κ2) is 6.05. The molecule has 3 aromatic carbocycles. The molecular weight excluding hydrogens is 270 g/mol. The summed E-state index contributed by atoms with van der Waals surface area (Å²) in [5.41, 5.74) is 2.57. The summed E-state index contributed by atoms with van der Waals surface area (Å²) in [5, 5.41) is 14.4. The second-order valence-electron chi connectivity index (χ2n) is 4.30. The van der Waals surface area contributed by atoms with Crippen LogP contribution >= 0.6 is 0 Å². The normalized spacial score (nSPS) is 9.55. The van der Waals surface area contributed by atoms with Crippen LogP contribution in [0.1, 0.15) is 0 Å². The zero-order chi connectivity index (χ0) is 13.1. The number of nitrogens with zero attached hydrogens (tertiary/aromatic N) is 2. The summed E-state index contributed by atoms with van der Waals surface area (Å²) in [5.74, 6) is 0. The van der Waals surface area contributed by atoms with Crippen molar-refractivity contribution in [2.75, 3.05) is 5.32 Å². The maximum absolute atomic E-state index is 8.66. The molecule has 0 unspecified atom stereocenters. The lowest BCUT2D eigenvalue weighted by Gasteiger charge is -2.09. The predicted molar refractivity (Wildman–Crippen MR) is 78.4 cm³/mol. The van der Waals surface area contributed by atoms with Gasteiger partial charge in [0.25, 0.3) is 0 Å². The fourth-order valence-corrected chi connectivity index (χ4v) is 2.10. The van der Waals surface area contributed by atoms with E-state index in [2.05, 4.69) is 28.5 Å². The largest absolute Gasteiger partial charge is 1.00 e. The quantitative estimate of drug-likeness (QED) is 0.731. The molecule has 20 heavy (non-hydrogen) atoms. The summed E-state index contributed by atoms with van der Waals surface area (Å²) < 4.78 is 0. The molecule has 0 aliphatic carbocycles. The van der Waals surface area contributed by atoms with Crippen LogP contribution in [0.15, 0.2) is 66.7 Å². The lowest BCUT2D eigenvalue weighted by molar-refractivity contribution is -0.00000388. The maximum Gasteiger partial charge on any atom is 0.385 e. The number of hydrogen-bond acceptors (Lipinski definition) is 2. The van der Waals surface area contributed by atoms with Crippen molar-refractivity contribution in [1.29, 1.82) is 5.39 Å². The number of nitrogens with one attached hydrogen (secondary N) is 1. The Hall–Kier alpha value is -2.57. The monoisotopic (exact) mass is 281 g/mol. The van der Waals surface area contributed by atoms with Gasteiger partial charge < -0.3 is 17.7 Å². The zero-order valence-corrected chi connectivity index (χ0v) is 11.4. The fraction of sp³-hybridized carbons (Fsp3) is 0. The van der Waals surface area contributed by atoms with Crippen molar-refractivity contribution in [1.82, 2.24) is 0 Å². The number of rotatable bonds is 2. The van der Waals surface area contributed by atoms with Gasteiger partial charge in [0.2, 0.25) is 5.39 Å². The van der Waals surface area contributed by atoms with Crippen LogP contribution < -0.4 is 17.7 Å². The van der Waals surface area contributed by atoms with Gasteiger partial charge in [0.15, 0.2) is 4.98 Å². The summed E-state index contributed by atoms with van der Waals surface area (Å²) >= 11 is 0. The molecule has 0 aromatic heterocycles. The van der Waals surface area contributed by atoms with E-state index in [1.807, 2.05) is 36.4 Å². The van der Waals surface area contributed by atoms with Gasteiger partial charge in [-0.25, -0.2) is 0 Å². The van der Waals surface area contributed by atoms with Gasteiger partial charge >= 0.3 is 5.69 Å². The van der Waals surface area contributed by atoms with Gasteiger partial charge in [-0.3, -0.25) is 0 Å². The molecule has 0 bridgehead atoms. The van der Waals surface area contributed by atoms with Crippen LogP contribution in [0.3, 0.4) is 0 Å². The molecular formula is C16H12ClN3. The fourth-order valence-electron chi connectivity index (χ4n) is 2.10. The van der Waals surface area contributed by atoms with E-state index in [9.17, 15) is 0 Å². The average Bonchev–Trinajstić information content (AvgIpc) is 2.48. The Balaban J connectivity index is 0.00000147. The van der Waals surface area contributed by atoms with E-state index in [-0.39, 0.29) is 12.4 Å². The summed E-state index contributed by atoms with van der Waals surface area (Å²) in [7, 11) is 0. The van der Waals surface area contributed by atoms with E-state index in [0.717, 1.165) is 11.4 Å². The van der Waals surface area contributed by atoms with E-state index < -0.39 is 0 Å². The van der Waals surface area contributed by atoms with Crippen LogP contribution in [0.5, 0.6) is 0 Å². The van der Waals surface area contributed by atoms with Crippen LogP contribution in [-0.2, 0) is 0 Å². The summed E-state index contributed by atoms with van der Waals surface area (Å²) in [6.45, 7) is 0. The number of anilines is 2. The highest BCUT2D eigenvalue weighted by molar-refractivity contribution is 5.95. The standard InChI is InChI=1S/C16H12N3.ClH/c17-19-14-10-8-13(9-11-14)18-16-7-3-5-12-4-1-2-6-15(12)16;/h1-11,18H;1H/q+1;/p-1. The van der Waals surface area contributed by atoms with Gasteiger partial charge in [-0.1, -0.05) is 36.4 Å². The van der Waals surface area contributed by atoms with Gasteiger partial charge in [0.1, 0.15) is 0 Å². The molecule has 3 aromatic rings. The van der Waals surface area contributed by atoms with E-state index in [0.29, 0.717) is 5.69 Å². The van der Waals surface area contributed by atoms with Crippen molar-refractivity contribution in [3.63, 3.8) is 0 Å². The molecule has 0 aliphatic rings. The Morgan fingerprint density at radius 1 is 0.800 bits per heavy atom. The smallest absolute Gasteiger partial charge is 0.385 e. The zero-order valence-electron chi connectivity index (χ0n) is 10.6. The number of diazo groups is 1. The molecule has 1 N–H and O–H groups in total.